The van der Waals surface area contributed by atoms with Crippen molar-refractivity contribution in [2.24, 2.45) is 5.73 Å². The van der Waals surface area contributed by atoms with Crippen molar-refractivity contribution in [1.29, 1.82) is 5.41 Å². The van der Waals surface area contributed by atoms with Crippen LogP contribution in [0.15, 0.2) is 24.3 Å². The van der Waals surface area contributed by atoms with Crippen LogP contribution in [0.4, 0.5) is 5.69 Å². The van der Waals surface area contributed by atoms with Gasteiger partial charge in [0.25, 0.3) is 0 Å². The average Bonchev–Trinajstić information content (AvgIpc) is 2.08. The maximum atomic E-state index is 7.27. The van der Waals surface area contributed by atoms with Gasteiger partial charge in [-0.25, -0.2) is 0 Å². The van der Waals surface area contributed by atoms with Crippen molar-refractivity contribution in [3.8, 4) is 0 Å². The summed E-state index contributed by atoms with van der Waals surface area (Å²) in [6, 6.07) is 7.32. The summed E-state index contributed by atoms with van der Waals surface area (Å²) >= 11 is 0. The fourth-order valence-electron chi connectivity index (χ4n) is 1.01. The predicted octanol–water partition coefficient (Wildman–Crippen LogP) is 0.627. The van der Waals surface area contributed by atoms with Crippen molar-refractivity contribution in [3.63, 3.8) is 0 Å². The standard InChI is InChI=1S/C9H13N4/c10-8-3-1-7(2-4-8)5-6-13-9(11)12/h1-4,10H,5-6H2,(H4,11,12,13). The molecule has 0 fully saturated rings. The lowest BCUT2D eigenvalue weighted by Gasteiger charge is -2.03. The van der Waals surface area contributed by atoms with E-state index >= 15 is 0 Å². The molecule has 1 radical (unpaired) electrons. The van der Waals surface area contributed by atoms with Crippen LogP contribution in [-0.2, 0) is 6.42 Å². The third kappa shape index (κ3) is 3.46. The van der Waals surface area contributed by atoms with Crippen LogP contribution in [0.1, 0.15) is 5.56 Å². The Balaban J connectivity index is 2.37. The van der Waals surface area contributed by atoms with Gasteiger partial charge in [-0.2, -0.15) is 0 Å². The van der Waals surface area contributed by atoms with Gasteiger partial charge in [0.1, 0.15) is 0 Å². The van der Waals surface area contributed by atoms with Crippen molar-refractivity contribution in [2.75, 3.05) is 6.54 Å². The number of guanidine groups is 1. The van der Waals surface area contributed by atoms with Crippen molar-refractivity contribution in [3.05, 3.63) is 29.8 Å². The zero-order valence-electron chi connectivity index (χ0n) is 7.30. The number of benzene rings is 1. The Bertz CT molecular complexity index is 278. The first kappa shape index (κ1) is 9.38. The van der Waals surface area contributed by atoms with E-state index in [2.05, 4.69) is 5.32 Å². The molecule has 1 aromatic carbocycles. The summed E-state index contributed by atoms with van der Waals surface area (Å²) in [5.74, 6) is -0.00267. The molecule has 0 spiro atoms. The van der Waals surface area contributed by atoms with Crippen LogP contribution in [-0.4, -0.2) is 12.5 Å². The van der Waals surface area contributed by atoms with Gasteiger partial charge in [0.05, 0.1) is 5.69 Å². The zero-order valence-corrected chi connectivity index (χ0v) is 7.30. The van der Waals surface area contributed by atoms with Crippen molar-refractivity contribution >= 4 is 11.6 Å². The summed E-state index contributed by atoms with van der Waals surface area (Å²) in [7, 11) is 0. The summed E-state index contributed by atoms with van der Waals surface area (Å²) in [5.41, 5.74) is 14.1. The molecule has 0 unspecified atom stereocenters. The minimum absolute atomic E-state index is 0.00267. The summed E-state index contributed by atoms with van der Waals surface area (Å²) in [6.07, 6.45) is 0.819. The second kappa shape index (κ2) is 4.35. The summed E-state index contributed by atoms with van der Waals surface area (Å²) in [6.45, 7) is 0.659. The summed E-state index contributed by atoms with van der Waals surface area (Å²) in [4.78, 5) is 0. The first-order valence-corrected chi connectivity index (χ1v) is 4.07. The first-order chi connectivity index (χ1) is 6.18. The quantitative estimate of drug-likeness (QED) is 0.467. The van der Waals surface area contributed by atoms with Gasteiger partial charge >= 0.3 is 0 Å². The Labute approximate surface area is 77.4 Å². The fraction of sp³-hybridized carbons (Fsp3) is 0.222. The lowest BCUT2D eigenvalue weighted by Crippen LogP contribution is -2.31. The number of hydrogen-bond donors (Lipinski definition) is 3. The summed E-state index contributed by atoms with van der Waals surface area (Å²) in [5, 5.41) is 9.65. The van der Waals surface area contributed by atoms with Gasteiger partial charge in [-0.1, -0.05) is 12.1 Å². The zero-order chi connectivity index (χ0) is 9.68. The molecule has 0 bridgehead atoms. The highest BCUT2D eigenvalue weighted by Crippen LogP contribution is 2.06. The van der Waals surface area contributed by atoms with Gasteiger partial charge < -0.3 is 16.8 Å². The van der Waals surface area contributed by atoms with E-state index in [0.717, 1.165) is 12.0 Å². The van der Waals surface area contributed by atoms with E-state index in [-0.39, 0.29) is 5.96 Å². The topological polar surface area (TPSA) is 85.7 Å². The van der Waals surface area contributed by atoms with Crippen LogP contribution in [0.3, 0.4) is 0 Å². The Hall–Kier alpha value is -1.71. The van der Waals surface area contributed by atoms with Crippen LogP contribution in [0.5, 0.6) is 0 Å². The molecule has 5 N–H and O–H groups in total. The molecule has 0 atom stereocenters. The number of hydrogen-bond acceptors (Lipinski definition) is 1. The molecule has 69 valence electrons. The largest absolute Gasteiger partial charge is 0.370 e. The van der Waals surface area contributed by atoms with E-state index in [1.807, 2.05) is 12.1 Å². The predicted molar refractivity (Wildman–Crippen MR) is 52.8 cm³/mol. The SMILES string of the molecule is [NH]c1ccc(CCNC(=N)N)cc1. The second-order valence-electron chi connectivity index (χ2n) is 2.79. The molecule has 0 saturated carbocycles. The third-order valence-electron chi connectivity index (χ3n) is 1.68. The van der Waals surface area contributed by atoms with Gasteiger partial charge in [-0.15, -0.1) is 0 Å². The lowest BCUT2D eigenvalue weighted by molar-refractivity contribution is 0.854. The van der Waals surface area contributed by atoms with E-state index in [4.69, 9.17) is 16.9 Å². The molecule has 4 nitrogen and oxygen atoms in total. The maximum absolute atomic E-state index is 7.27. The van der Waals surface area contributed by atoms with E-state index < -0.39 is 0 Å². The smallest absolute Gasteiger partial charge is 0.185 e. The Morgan fingerprint density at radius 3 is 2.46 bits per heavy atom. The Kier molecular flexibility index (Phi) is 3.14. The molecule has 0 aliphatic rings. The van der Waals surface area contributed by atoms with E-state index in [0.29, 0.717) is 12.2 Å². The van der Waals surface area contributed by atoms with Gasteiger partial charge in [-0.3, -0.25) is 5.41 Å². The average molecular weight is 177 g/mol. The van der Waals surface area contributed by atoms with Crippen LogP contribution < -0.4 is 16.8 Å². The van der Waals surface area contributed by atoms with Gasteiger partial charge in [-0.05, 0) is 24.1 Å². The molecule has 4 heteroatoms. The Morgan fingerprint density at radius 1 is 1.31 bits per heavy atom. The van der Waals surface area contributed by atoms with Crippen molar-refractivity contribution in [1.82, 2.24) is 11.1 Å². The summed E-state index contributed by atoms with van der Waals surface area (Å²) < 4.78 is 0. The fourth-order valence-corrected chi connectivity index (χ4v) is 1.01. The molecular formula is C9H13N4. The maximum Gasteiger partial charge on any atom is 0.185 e. The highest BCUT2D eigenvalue weighted by atomic mass is 15.0. The molecule has 0 aromatic heterocycles. The molecule has 0 heterocycles. The van der Waals surface area contributed by atoms with Gasteiger partial charge in [0.2, 0.25) is 0 Å². The monoisotopic (exact) mass is 177 g/mol. The Morgan fingerprint density at radius 2 is 1.92 bits per heavy atom. The minimum Gasteiger partial charge on any atom is -0.370 e. The number of nitrogens with one attached hydrogen (secondary N) is 3. The third-order valence-corrected chi connectivity index (χ3v) is 1.68. The molecule has 0 aliphatic heterocycles. The van der Waals surface area contributed by atoms with E-state index in [1.165, 1.54) is 0 Å². The molecule has 1 aromatic rings. The lowest BCUT2D eigenvalue weighted by atomic mass is 10.1. The van der Waals surface area contributed by atoms with Crippen LogP contribution >= 0.6 is 0 Å². The molecule has 1 rings (SSSR count). The number of rotatable bonds is 3. The highest BCUT2D eigenvalue weighted by Gasteiger charge is 1.92. The van der Waals surface area contributed by atoms with Gasteiger partial charge in [0.15, 0.2) is 5.96 Å². The molecule has 0 amide bonds. The molecular weight excluding hydrogens is 164 g/mol. The van der Waals surface area contributed by atoms with E-state index in [1.54, 1.807) is 12.1 Å². The molecule has 13 heavy (non-hydrogen) atoms. The first-order valence-electron chi connectivity index (χ1n) is 4.07. The van der Waals surface area contributed by atoms with Crippen molar-refractivity contribution in [2.45, 2.75) is 6.42 Å². The second-order valence-corrected chi connectivity index (χ2v) is 2.79. The highest BCUT2D eigenvalue weighted by molar-refractivity contribution is 5.74. The van der Waals surface area contributed by atoms with Crippen LogP contribution in [0.2, 0.25) is 0 Å². The van der Waals surface area contributed by atoms with Crippen LogP contribution in [0, 0.1) is 5.41 Å². The minimum atomic E-state index is -0.00267. The van der Waals surface area contributed by atoms with Gasteiger partial charge in [0, 0.05) is 6.54 Å². The van der Waals surface area contributed by atoms with Crippen LogP contribution in [0.25, 0.3) is 0 Å². The van der Waals surface area contributed by atoms with Crippen molar-refractivity contribution < 1.29 is 0 Å². The molecule has 0 saturated heterocycles. The van der Waals surface area contributed by atoms with E-state index in [9.17, 15) is 0 Å². The number of nitrogens with two attached hydrogens (primary N) is 1. The normalized spacial score (nSPS) is 9.54. The molecule has 0 aliphatic carbocycles.